The van der Waals surface area contributed by atoms with Gasteiger partial charge in [-0.05, 0) is 131 Å². The molecule has 0 atom stereocenters. The largest absolute Gasteiger partial charge is 0.310 e. The monoisotopic (exact) mass is 915 g/mol. The molecule has 72 heavy (non-hydrogen) atoms. The molecule has 338 valence electrons. The summed E-state index contributed by atoms with van der Waals surface area (Å²) >= 11 is 0. The molecule has 0 fully saturated rings. The molecule has 0 aromatic heterocycles. The van der Waals surface area contributed by atoms with Crippen LogP contribution in [0.25, 0.3) is 77.5 Å². The van der Waals surface area contributed by atoms with E-state index < -0.39 is 5.41 Å². The van der Waals surface area contributed by atoms with Crippen LogP contribution < -0.4 is 4.90 Å². The van der Waals surface area contributed by atoms with E-state index in [0.29, 0.717) is 0 Å². The van der Waals surface area contributed by atoms with Crippen LogP contribution in [0.1, 0.15) is 22.3 Å². The molecule has 12 aromatic carbocycles. The summed E-state index contributed by atoms with van der Waals surface area (Å²) in [6.07, 6.45) is 0. The van der Waals surface area contributed by atoms with E-state index in [4.69, 9.17) is 0 Å². The summed E-state index contributed by atoms with van der Waals surface area (Å²) in [5, 5.41) is 2.37. The lowest BCUT2D eigenvalue weighted by atomic mass is 9.67. The van der Waals surface area contributed by atoms with Crippen molar-refractivity contribution in [2.45, 2.75) is 5.41 Å². The molecule has 0 radical (unpaired) electrons. The first-order chi connectivity index (χ1) is 35.7. The number of hydrogen-bond donors (Lipinski definition) is 0. The minimum absolute atomic E-state index is 0.576. The first kappa shape index (κ1) is 42.8. The van der Waals surface area contributed by atoms with Crippen LogP contribution in [0.4, 0.5) is 17.1 Å². The molecule has 0 unspecified atom stereocenters. The van der Waals surface area contributed by atoms with Crippen LogP contribution in [-0.4, -0.2) is 0 Å². The average Bonchev–Trinajstić information content (AvgIpc) is 3.77. The molecule has 12 aromatic rings. The highest BCUT2D eigenvalue weighted by molar-refractivity contribution is 6.07. The molecule has 0 saturated heterocycles. The van der Waals surface area contributed by atoms with Gasteiger partial charge < -0.3 is 4.90 Å². The number of rotatable bonds is 10. The van der Waals surface area contributed by atoms with Crippen molar-refractivity contribution in [2.24, 2.45) is 0 Å². The van der Waals surface area contributed by atoms with Gasteiger partial charge in [0.25, 0.3) is 0 Å². The van der Waals surface area contributed by atoms with Crippen LogP contribution in [0.5, 0.6) is 0 Å². The quantitative estimate of drug-likeness (QED) is 0.132. The van der Waals surface area contributed by atoms with Gasteiger partial charge in [0.2, 0.25) is 0 Å². The zero-order chi connectivity index (χ0) is 47.8. The molecule has 0 N–H and O–H groups in total. The molecule has 0 heterocycles. The van der Waals surface area contributed by atoms with Gasteiger partial charge in [0, 0.05) is 16.8 Å². The highest BCUT2D eigenvalue weighted by atomic mass is 15.1. The highest BCUT2D eigenvalue weighted by Gasteiger charge is 2.47. The molecule has 0 spiro atoms. The van der Waals surface area contributed by atoms with Crippen molar-refractivity contribution in [3.63, 3.8) is 0 Å². The summed E-state index contributed by atoms with van der Waals surface area (Å²) in [6, 6.07) is 109. The predicted octanol–water partition coefficient (Wildman–Crippen LogP) is 19.0. The third-order valence-corrected chi connectivity index (χ3v) is 14.8. The van der Waals surface area contributed by atoms with Gasteiger partial charge in [0.1, 0.15) is 0 Å². The number of hydrogen-bond acceptors (Lipinski definition) is 1. The number of fused-ring (bicyclic) bond motifs is 4. The maximum Gasteiger partial charge on any atom is 0.0714 e. The van der Waals surface area contributed by atoms with E-state index in [2.05, 4.69) is 302 Å². The van der Waals surface area contributed by atoms with E-state index in [-0.39, 0.29) is 0 Å². The Balaban J connectivity index is 0.988. The predicted molar refractivity (Wildman–Crippen MR) is 303 cm³/mol. The van der Waals surface area contributed by atoms with Gasteiger partial charge >= 0.3 is 0 Å². The minimum atomic E-state index is -0.576. The number of anilines is 3. The Labute approximate surface area is 422 Å². The summed E-state index contributed by atoms with van der Waals surface area (Å²) < 4.78 is 0. The third kappa shape index (κ3) is 7.34. The summed E-state index contributed by atoms with van der Waals surface area (Å²) in [7, 11) is 0. The van der Waals surface area contributed by atoms with Gasteiger partial charge in [-0.25, -0.2) is 0 Å². The van der Waals surface area contributed by atoms with E-state index in [0.717, 1.165) is 17.1 Å². The van der Waals surface area contributed by atoms with Crippen LogP contribution in [-0.2, 0) is 5.41 Å². The fourth-order valence-electron chi connectivity index (χ4n) is 11.4. The zero-order valence-corrected chi connectivity index (χ0v) is 39.7. The lowest BCUT2D eigenvalue weighted by molar-refractivity contribution is 0.769. The van der Waals surface area contributed by atoms with Crippen LogP contribution >= 0.6 is 0 Å². The fourth-order valence-corrected chi connectivity index (χ4v) is 11.4. The molecule has 0 aliphatic heterocycles. The Morgan fingerprint density at radius 3 is 1.15 bits per heavy atom. The Kier molecular flexibility index (Phi) is 10.8. The van der Waals surface area contributed by atoms with Gasteiger partial charge in [-0.2, -0.15) is 0 Å². The summed E-state index contributed by atoms with van der Waals surface area (Å²) in [5.74, 6) is 0. The molecular weight excluding hydrogens is 867 g/mol. The van der Waals surface area contributed by atoms with E-state index in [1.54, 1.807) is 0 Å². The molecule has 0 saturated carbocycles. The van der Waals surface area contributed by atoms with Crippen molar-refractivity contribution < 1.29 is 0 Å². The van der Waals surface area contributed by atoms with E-state index in [1.165, 1.54) is 99.8 Å². The molecule has 1 nitrogen and oxygen atoms in total. The second-order valence-electron chi connectivity index (χ2n) is 18.8. The topological polar surface area (TPSA) is 3.24 Å². The van der Waals surface area contributed by atoms with Crippen LogP contribution in [0.2, 0.25) is 0 Å². The Bertz CT molecular complexity index is 3720. The smallest absolute Gasteiger partial charge is 0.0714 e. The Morgan fingerprint density at radius 2 is 0.639 bits per heavy atom. The van der Waals surface area contributed by atoms with Crippen LogP contribution in [0.3, 0.4) is 0 Å². The highest BCUT2D eigenvalue weighted by Crippen LogP contribution is 2.59. The molecular formula is C71H49N. The van der Waals surface area contributed by atoms with Crippen molar-refractivity contribution in [1.82, 2.24) is 0 Å². The molecule has 0 bridgehead atoms. The third-order valence-electron chi connectivity index (χ3n) is 14.8. The van der Waals surface area contributed by atoms with E-state index in [1.807, 2.05) is 0 Å². The van der Waals surface area contributed by atoms with Crippen LogP contribution in [0, 0.1) is 0 Å². The van der Waals surface area contributed by atoms with Crippen LogP contribution in [0.15, 0.2) is 297 Å². The second kappa shape index (κ2) is 18.2. The SMILES string of the molecule is c1ccc(-c2ccc(-c3cccc4c3-c3ccc(-c5ccc(N(c6ccc(-c7ccccc7)cc6)c6ccc(-c7ccccc7)cc6)c6ccccc56)cc3C4(c3ccccc3)c3ccccc3)cc2)cc1. The maximum absolute atomic E-state index is 2.50. The normalized spacial score (nSPS) is 12.3. The Morgan fingerprint density at radius 1 is 0.236 bits per heavy atom. The van der Waals surface area contributed by atoms with E-state index >= 15 is 0 Å². The first-order valence-electron chi connectivity index (χ1n) is 24.9. The standard InChI is InChI=1S/C71H49N/c1-6-19-50(20-7-1)53-33-35-56(36-34-53)63-31-18-32-67-70(63)66-46-41-57(49-68(66)71(67,58-25-12-4-13-26-58)59-27-14-5-15-28-59)62-47-48-69(65-30-17-16-29-64(62)65)72(60-42-37-54(38-43-60)51-21-8-2-9-22-51)61-44-39-55(40-45-61)52-23-10-3-11-24-52/h1-49H. The fraction of sp³-hybridized carbons (Fsp3) is 0.0141. The van der Waals surface area contributed by atoms with Crippen molar-refractivity contribution in [1.29, 1.82) is 0 Å². The number of benzene rings is 12. The molecule has 0 amide bonds. The van der Waals surface area contributed by atoms with Crippen molar-refractivity contribution in [3.05, 3.63) is 320 Å². The van der Waals surface area contributed by atoms with Gasteiger partial charge in [0.15, 0.2) is 0 Å². The van der Waals surface area contributed by atoms with Crippen molar-refractivity contribution >= 4 is 27.8 Å². The lowest BCUT2D eigenvalue weighted by Crippen LogP contribution is -2.28. The summed E-state index contributed by atoms with van der Waals surface area (Å²) in [4.78, 5) is 2.42. The minimum Gasteiger partial charge on any atom is -0.310 e. The van der Waals surface area contributed by atoms with Crippen molar-refractivity contribution in [2.75, 3.05) is 4.90 Å². The summed E-state index contributed by atoms with van der Waals surface area (Å²) in [6.45, 7) is 0. The Hall–Kier alpha value is -9.30. The lowest BCUT2D eigenvalue weighted by Gasteiger charge is -2.34. The molecule has 1 aliphatic carbocycles. The maximum atomic E-state index is 2.50. The van der Waals surface area contributed by atoms with Gasteiger partial charge in [-0.3, -0.25) is 0 Å². The van der Waals surface area contributed by atoms with E-state index in [9.17, 15) is 0 Å². The van der Waals surface area contributed by atoms with Crippen molar-refractivity contribution in [3.8, 4) is 66.8 Å². The van der Waals surface area contributed by atoms with Gasteiger partial charge in [0.05, 0.1) is 11.1 Å². The molecule has 1 heteroatoms. The van der Waals surface area contributed by atoms with Gasteiger partial charge in [-0.15, -0.1) is 0 Å². The molecule has 13 rings (SSSR count). The molecule has 1 aliphatic rings. The average molecular weight is 916 g/mol. The first-order valence-corrected chi connectivity index (χ1v) is 24.9. The second-order valence-corrected chi connectivity index (χ2v) is 18.8. The number of nitrogens with zero attached hydrogens (tertiary/aromatic N) is 1. The summed E-state index contributed by atoms with van der Waals surface area (Å²) in [5.41, 5.74) is 22.4. The van der Waals surface area contributed by atoms with Gasteiger partial charge in [-0.1, -0.05) is 261 Å². The zero-order valence-electron chi connectivity index (χ0n) is 39.7.